The zero-order chi connectivity index (χ0) is 18.1. The van der Waals surface area contributed by atoms with E-state index < -0.39 is 0 Å². The molecule has 1 saturated carbocycles. The van der Waals surface area contributed by atoms with Crippen LogP contribution in [0.15, 0.2) is 24.3 Å². The van der Waals surface area contributed by atoms with Crippen LogP contribution in [-0.4, -0.2) is 25.0 Å². The fourth-order valence-corrected chi connectivity index (χ4v) is 3.41. The van der Waals surface area contributed by atoms with Crippen LogP contribution in [0.2, 0.25) is 0 Å². The maximum Gasteiger partial charge on any atom is 0.222 e. The molecule has 1 atom stereocenters. The third kappa shape index (κ3) is 6.77. The molecule has 1 aliphatic carbocycles. The van der Waals surface area contributed by atoms with Crippen LogP contribution >= 0.6 is 0 Å². The monoisotopic (exact) mass is 346 g/mol. The first-order chi connectivity index (χ1) is 12.1. The molecule has 5 heteroatoms. The van der Waals surface area contributed by atoms with Crippen molar-refractivity contribution in [3.63, 3.8) is 0 Å². The van der Waals surface area contributed by atoms with Gasteiger partial charge in [-0.2, -0.15) is 0 Å². The Labute approximate surface area is 150 Å². The lowest BCUT2D eigenvalue weighted by Crippen LogP contribution is -2.38. The van der Waals surface area contributed by atoms with Gasteiger partial charge in [-0.1, -0.05) is 44.2 Å². The number of nitrogens with one attached hydrogen (secondary N) is 2. The first-order valence-corrected chi connectivity index (χ1v) is 9.29. The Morgan fingerprint density at radius 2 is 1.68 bits per heavy atom. The van der Waals surface area contributed by atoms with Crippen LogP contribution in [0, 0.1) is 0 Å². The van der Waals surface area contributed by atoms with Gasteiger partial charge >= 0.3 is 0 Å². The second-order valence-electron chi connectivity index (χ2n) is 6.84. The Bertz CT molecular complexity index is 549. The van der Waals surface area contributed by atoms with Crippen molar-refractivity contribution in [3.05, 3.63) is 29.8 Å². The van der Waals surface area contributed by atoms with Gasteiger partial charge in [0.1, 0.15) is 5.75 Å². The van der Waals surface area contributed by atoms with Crippen molar-refractivity contribution in [2.24, 2.45) is 0 Å². The van der Waals surface area contributed by atoms with Gasteiger partial charge in [0.25, 0.3) is 0 Å². The standard InChI is InChI=1S/C20H30N2O3/c1-15(23)21-19(16-10-12-18(25-2)13-11-16)14-20(24)22-17-8-6-4-3-5-7-9-17/h10-13,17,19H,3-9,14H2,1-2H3,(H,21,23)(H,22,24). The SMILES string of the molecule is COc1ccc(C(CC(=O)NC2CCCCCCC2)NC(C)=O)cc1. The molecule has 1 fully saturated rings. The maximum absolute atomic E-state index is 12.5. The van der Waals surface area contributed by atoms with E-state index in [1.165, 1.54) is 39.0 Å². The van der Waals surface area contributed by atoms with Gasteiger partial charge < -0.3 is 15.4 Å². The summed E-state index contributed by atoms with van der Waals surface area (Å²) in [6, 6.07) is 7.41. The van der Waals surface area contributed by atoms with Gasteiger partial charge in [0.2, 0.25) is 11.8 Å². The van der Waals surface area contributed by atoms with E-state index in [0.717, 1.165) is 24.2 Å². The van der Waals surface area contributed by atoms with Crippen molar-refractivity contribution < 1.29 is 14.3 Å². The van der Waals surface area contributed by atoms with Crippen molar-refractivity contribution in [2.75, 3.05) is 7.11 Å². The van der Waals surface area contributed by atoms with E-state index in [1.807, 2.05) is 24.3 Å². The summed E-state index contributed by atoms with van der Waals surface area (Å²) in [6.07, 6.45) is 8.54. The third-order valence-corrected chi connectivity index (χ3v) is 4.76. The van der Waals surface area contributed by atoms with Crippen LogP contribution in [0.1, 0.15) is 69.9 Å². The molecule has 138 valence electrons. The zero-order valence-electron chi connectivity index (χ0n) is 15.3. The summed E-state index contributed by atoms with van der Waals surface area (Å²) in [7, 11) is 1.61. The number of hydrogen-bond acceptors (Lipinski definition) is 3. The second-order valence-corrected chi connectivity index (χ2v) is 6.84. The molecule has 0 bridgehead atoms. The normalized spacial score (nSPS) is 17.0. The van der Waals surface area contributed by atoms with Crippen molar-refractivity contribution in [1.29, 1.82) is 0 Å². The number of rotatable bonds is 6. The van der Waals surface area contributed by atoms with Crippen molar-refractivity contribution in [3.8, 4) is 5.75 Å². The first-order valence-electron chi connectivity index (χ1n) is 9.29. The lowest BCUT2D eigenvalue weighted by atomic mass is 9.96. The van der Waals surface area contributed by atoms with Crippen molar-refractivity contribution in [1.82, 2.24) is 10.6 Å². The van der Waals surface area contributed by atoms with Crippen molar-refractivity contribution in [2.45, 2.75) is 70.4 Å². The predicted octanol–water partition coefficient (Wildman–Crippen LogP) is 3.49. The fourth-order valence-electron chi connectivity index (χ4n) is 3.41. The number of carbonyl (C=O) groups excluding carboxylic acids is 2. The number of hydrogen-bond donors (Lipinski definition) is 2. The van der Waals surface area contributed by atoms with Crippen LogP contribution < -0.4 is 15.4 Å². The van der Waals surface area contributed by atoms with E-state index in [1.54, 1.807) is 7.11 Å². The van der Waals surface area contributed by atoms with E-state index in [0.29, 0.717) is 0 Å². The van der Waals surface area contributed by atoms with E-state index in [2.05, 4.69) is 10.6 Å². The number of benzene rings is 1. The molecule has 0 spiro atoms. The minimum atomic E-state index is -0.322. The summed E-state index contributed by atoms with van der Waals surface area (Å²) in [4.78, 5) is 24.0. The highest BCUT2D eigenvalue weighted by Gasteiger charge is 2.20. The smallest absolute Gasteiger partial charge is 0.222 e. The molecule has 0 saturated heterocycles. The summed E-state index contributed by atoms with van der Waals surface area (Å²) in [6.45, 7) is 1.48. The Balaban J connectivity index is 1.97. The highest BCUT2D eigenvalue weighted by molar-refractivity contribution is 5.79. The highest BCUT2D eigenvalue weighted by Crippen LogP contribution is 2.21. The lowest BCUT2D eigenvalue weighted by Gasteiger charge is -2.23. The minimum Gasteiger partial charge on any atom is -0.497 e. The lowest BCUT2D eigenvalue weighted by molar-refractivity contribution is -0.123. The largest absolute Gasteiger partial charge is 0.497 e. The van der Waals surface area contributed by atoms with Crippen LogP contribution in [0.4, 0.5) is 0 Å². The molecule has 0 radical (unpaired) electrons. The average molecular weight is 346 g/mol. The average Bonchev–Trinajstić information content (AvgIpc) is 2.56. The maximum atomic E-state index is 12.5. The molecule has 2 rings (SSSR count). The molecule has 1 aromatic rings. The molecule has 2 N–H and O–H groups in total. The quantitative estimate of drug-likeness (QED) is 0.828. The Morgan fingerprint density at radius 1 is 1.08 bits per heavy atom. The Kier molecular flexibility index (Phi) is 7.76. The molecular weight excluding hydrogens is 316 g/mol. The first kappa shape index (κ1) is 19.3. The molecule has 0 aliphatic heterocycles. The number of amides is 2. The molecule has 1 unspecified atom stereocenters. The van der Waals surface area contributed by atoms with Gasteiger partial charge in [0.05, 0.1) is 19.6 Å². The van der Waals surface area contributed by atoms with E-state index in [-0.39, 0.29) is 30.3 Å². The van der Waals surface area contributed by atoms with Gasteiger partial charge in [-0.25, -0.2) is 0 Å². The summed E-state index contributed by atoms with van der Waals surface area (Å²) < 4.78 is 5.17. The van der Waals surface area contributed by atoms with E-state index in [9.17, 15) is 9.59 Å². The fraction of sp³-hybridized carbons (Fsp3) is 0.600. The van der Waals surface area contributed by atoms with E-state index >= 15 is 0 Å². The molecule has 0 aromatic heterocycles. The predicted molar refractivity (Wildman–Crippen MR) is 98.4 cm³/mol. The molecule has 0 heterocycles. The topological polar surface area (TPSA) is 67.4 Å². The molecule has 1 aliphatic rings. The molecule has 25 heavy (non-hydrogen) atoms. The number of carbonyl (C=O) groups is 2. The number of ether oxygens (including phenoxy) is 1. The van der Waals surface area contributed by atoms with E-state index in [4.69, 9.17) is 4.74 Å². The summed E-state index contributed by atoms with van der Waals surface area (Å²) >= 11 is 0. The van der Waals surface area contributed by atoms with Crippen LogP contribution in [-0.2, 0) is 9.59 Å². The zero-order valence-corrected chi connectivity index (χ0v) is 15.3. The number of methoxy groups -OCH3 is 1. The summed E-state index contributed by atoms with van der Waals surface area (Å²) in [5, 5.41) is 6.05. The minimum absolute atomic E-state index is 0.000131. The van der Waals surface area contributed by atoms with Gasteiger partial charge in [-0.15, -0.1) is 0 Å². The second kappa shape index (κ2) is 10.1. The van der Waals surface area contributed by atoms with Gasteiger partial charge in [0, 0.05) is 13.0 Å². The Morgan fingerprint density at radius 3 is 2.24 bits per heavy atom. The van der Waals surface area contributed by atoms with Crippen LogP contribution in [0.25, 0.3) is 0 Å². The van der Waals surface area contributed by atoms with Crippen molar-refractivity contribution >= 4 is 11.8 Å². The molecular formula is C20H30N2O3. The Hall–Kier alpha value is -2.04. The summed E-state index contributed by atoms with van der Waals surface area (Å²) in [5.41, 5.74) is 0.906. The molecule has 2 amide bonds. The van der Waals surface area contributed by atoms with Gasteiger partial charge in [-0.05, 0) is 30.5 Å². The van der Waals surface area contributed by atoms with Crippen LogP contribution in [0.5, 0.6) is 5.75 Å². The summed E-state index contributed by atoms with van der Waals surface area (Å²) in [5.74, 6) is 0.615. The van der Waals surface area contributed by atoms with Gasteiger partial charge in [-0.3, -0.25) is 9.59 Å². The molecule has 1 aromatic carbocycles. The third-order valence-electron chi connectivity index (χ3n) is 4.76. The van der Waals surface area contributed by atoms with Gasteiger partial charge in [0.15, 0.2) is 0 Å². The van der Waals surface area contributed by atoms with Crippen LogP contribution in [0.3, 0.4) is 0 Å². The highest BCUT2D eigenvalue weighted by atomic mass is 16.5. The molecule has 5 nitrogen and oxygen atoms in total.